The maximum Gasteiger partial charge on any atom is 0.193 e. The van der Waals surface area contributed by atoms with E-state index < -0.39 is 0 Å². The van der Waals surface area contributed by atoms with E-state index in [1.165, 1.54) is 0 Å². The summed E-state index contributed by atoms with van der Waals surface area (Å²) in [5.74, 6) is 1.26. The van der Waals surface area contributed by atoms with Gasteiger partial charge in [-0.25, -0.2) is 0 Å². The Morgan fingerprint density at radius 1 is 0.952 bits per heavy atom. The van der Waals surface area contributed by atoms with E-state index >= 15 is 0 Å². The Hall–Kier alpha value is -1.56. The van der Waals surface area contributed by atoms with Crippen LogP contribution in [-0.4, -0.2) is 19.0 Å². The normalized spacial score (nSPS) is 10.2. The van der Waals surface area contributed by atoms with Crippen molar-refractivity contribution < 1.29 is 14.3 Å². The lowest BCUT2D eigenvalue weighted by Gasteiger charge is -2.12. The molecule has 0 unspecified atom stereocenters. The second-order valence-corrected chi connectivity index (χ2v) is 5.61. The van der Waals surface area contributed by atoms with Crippen molar-refractivity contribution in [1.29, 1.82) is 0 Å². The molecule has 110 valence electrons. The van der Waals surface area contributed by atoms with E-state index in [1.807, 2.05) is 38.1 Å². The van der Waals surface area contributed by atoms with Crippen LogP contribution in [0.15, 0.2) is 42.5 Å². The molecule has 0 bridgehead atoms. The summed E-state index contributed by atoms with van der Waals surface area (Å²) in [4.78, 5) is 12.5. The van der Waals surface area contributed by atoms with Gasteiger partial charge in [-0.3, -0.25) is 4.79 Å². The molecule has 21 heavy (non-hydrogen) atoms. The maximum absolute atomic E-state index is 12.5. The van der Waals surface area contributed by atoms with Gasteiger partial charge in [0.1, 0.15) is 0 Å². The van der Waals surface area contributed by atoms with E-state index in [4.69, 9.17) is 9.47 Å². The summed E-state index contributed by atoms with van der Waals surface area (Å²) in [5.41, 5.74) is 1.28. The number of ketones is 1. The summed E-state index contributed by atoms with van der Waals surface area (Å²) >= 11 is 2.20. The smallest absolute Gasteiger partial charge is 0.193 e. The first-order valence-electron chi connectivity index (χ1n) is 6.85. The van der Waals surface area contributed by atoms with Crippen LogP contribution in [0.5, 0.6) is 11.5 Å². The van der Waals surface area contributed by atoms with Gasteiger partial charge >= 0.3 is 0 Å². The van der Waals surface area contributed by atoms with Crippen LogP contribution in [0.1, 0.15) is 29.8 Å². The lowest BCUT2D eigenvalue weighted by Crippen LogP contribution is -2.04. The summed E-state index contributed by atoms with van der Waals surface area (Å²) in [6.45, 7) is 4.91. The quantitative estimate of drug-likeness (QED) is 0.539. The fourth-order valence-corrected chi connectivity index (χ4v) is 2.53. The molecule has 2 aromatic rings. The topological polar surface area (TPSA) is 35.5 Å². The molecule has 0 radical (unpaired) electrons. The van der Waals surface area contributed by atoms with Gasteiger partial charge in [-0.1, -0.05) is 12.1 Å². The molecule has 0 N–H and O–H groups in total. The molecule has 0 fully saturated rings. The second-order valence-electron chi connectivity index (χ2n) is 4.37. The highest BCUT2D eigenvalue weighted by Crippen LogP contribution is 2.29. The van der Waals surface area contributed by atoms with E-state index in [2.05, 4.69) is 22.6 Å². The lowest BCUT2D eigenvalue weighted by molar-refractivity contribution is 0.103. The van der Waals surface area contributed by atoms with E-state index in [-0.39, 0.29) is 5.78 Å². The predicted molar refractivity (Wildman–Crippen MR) is 91.4 cm³/mol. The van der Waals surface area contributed by atoms with Gasteiger partial charge in [0.25, 0.3) is 0 Å². The molecule has 0 amide bonds. The summed E-state index contributed by atoms with van der Waals surface area (Å²) in [6, 6.07) is 12.8. The average Bonchev–Trinajstić information content (AvgIpc) is 2.49. The largest absolute Gasteiger partial charge is 0.490 e. The zero-order valence-corrected chi connectivity index (χ0v) is 14.2. The van der Waals surface area contributed by atoms with Crippen LogP contribution in [0, 0.1) is 3.57 Å². The van der Waals surface area contributed by atoms with Gasteiger partial charge in [-0.05, 0) is 66.8 Å². The predicted octanol–water partition coefficient (Wildman–Crippen LogP) is 4.32. The van der Waals surface area contributed by atoms with Crippen molar-refractivity contribution in [3.8, 4) is 11.5 Å². The molecule has 0 heterocycles. The van der Waals surface area contributed by atoms with Crippen LogP contribution < -0.4 is 9.47 Å². The number of carbonyl (C=O) groups is 1. The number of benzene rings is 2. The third-order valence-electron chi connectivity index (χ3n) is 2.89. The van der Waals surface area contributed by atoms with E-state index in [1.54, 1.807) is 18.2 Å². The summed E-state index contributed by atoms with van der Waals surface area (Å²) < 4.78 is 12.1. The molecule has 0 spiro atoms. The van der Waals surface area contributed by atoms with Crippen molar-refractivity contribution >= 4 is 28.4 Å². The Morgan fingerprint density at radius 3 is 2.29 bits per heavy atom. The van der Waals surface area contributed by atoms with Crippen molar-refractivity contribution in [3.63, 3.8) is 0 Å². The molecule has 0 aliphatic carbocycles. The minimum absolute atomic E-state index is 0.0162. The second kappa shape index (κ2) is 7.45. The summed E-state index contributed by atoms with van der Waals surface area (Å²) in [6.07, 6.45) is 0. The molecule has 3 nitrogen and oxygen atoms in total. The number of halogens is 1. The molecular formula is C17H17IO3. The molecule has 2 aromatic carbocycles. The van der Waals surface area contributed by atoms with E-state index in [0.717, 1.165) is 3.57 Å². The molecular weight excluding hydrogens is 379 g/mol. The number of rotatable bonds is 6. The third-order valence-corrected chi connectivity index (χ3v) is 3.56. The molecule has 2 rings (SSSR count). The van der Waals surface area contributed by atoms with E-state index in [9.17, 15) is 4.79 Å². The highest BCUT2D eigenvalue weighted by molar-refractivity contribution is 14.1. The van der Waals surface area contributed by atoms with Gasteiger partial charge in [0, 0.05) is 14.7 Å². The first kappa shape index (κ1) is 15.8. The van der Waals surface area contributed by atoms with Crippen molar-refractivity contribution in [3.05, 3.63) is 57.2 Å². The first-order valence-corrected chi connectivity index (χ1v) is 7.93. The van der Waals surface area contributed by atoms with Crippen LogP contribution in [-0.2, 0) is 0 Å². The molecule has 0 saturated carbocycles. The molecule has 0 atom stereocenters. The van der Waals surface area contributed by atoms with Crippen LogP contribution in [0.3, 0.4) is 0 Å². The Balaban J connectivity index is 2.35. The maximum atomic E-state index is 12.5. The zero-order chi connectivity index (χ0) is 15.2. The highest BCUT2D eigenvalue weighted by Gasteiger charge is 2.13. The number of hydrogen-bond acceptors (Lipinski definition) is 3. The molecule has 0 saturated heterocycles. The number of hydrogen-bond donors (Lipinski definition) is 0. The number of ether oxygens (including phenoxy) is 2. The highest BCUT2D eigenvalue weighted by atomic mass is 127. The van der Waals surface area contributed by atoms with Crippen LogP contribution in [0.25, 0.3) is 0 Å². The van der Waals surface area contributed by atoms with Gasteiger partial charge < -0.3 is 9.47 Å². The van der Waals surface area contributed by atoms with E-state index in [0.29, 0.717) is 35.8 Å². The molecule has 4 heteroatoms. The van der Waals surface area contributed by atoms with Crippen LogP contribution in [0.4, 0.5) is 0 Å². The first-order chi connectivity index (χ1) is 10.2. The minimum Gasteiger partial charge on any atom is -0.490 e. The van der Waals surface area contributed by atoms with Crippen molar-refractivity contribution in [2.24, 2.45) is 0 Å². The SMILES string of the molecule is CCOc1ccc(C(=O)c2cccc(I)c2)cc1OCC. The minimum atomic E-state index is -0.0162. The molecule has 0 aromatic heterocycles. The Morgan fingerprint density at radius 2 is 1.62 bits per heavy atom. The standard InChI is InChI=1S/C17H17IO3/c1-3-20-15-9-8-13(11-16(15)21-4-2)17(19)12-6-5-7-14(18)10-12/h5-11H,3-4H2,1-2H3. The molecule has 0 aliphatic rings. The number of carbonyl (C=O) groups excluding carboxylic acids is 1. The lowest BCUT2D eigenvalue weighted by atomic mass is 10.0. The zero-order valence-electron chi connectivity index (χ0n) is 12.1. The fraction of sp³-hybridized carbons (Fsp3) is 0.235. The average molecular weight is 396 g/mol. The summed E-state index contributed by atoms with van der Waals surface area (Å²) in [5, 5.41) is 0. The van der Waals surface area contributed by atoms with Gasteiger partial charge in [0.2, 0.25) is 0 Å². The monoisotopic (exact) mass is 396 g/mol. The fourth-order valence-electron chi connectivity index (χ4n) is 1.99. The van der Waals surface area contributed by atoms with Crippen LogP contribution >= 0.6 is 22.6 Å². The van der Waals surface area contributed by atoms with Gasteiger partial charge in [-0.2, -0.15) is 0 Å². The van der Waals surface area contributed by atoms with Crippen molar-refractivity contribution in [2.45, 2.75) is 13.8 Å². The third kappa shape index (κ3) is 3.97. The Labute approximate surface area is 138 Å². The van der Waals surface area contributed by atoms with Gasteiger partial charge in [0.05, 0.1) is 13.2 Å². The van der Waals surface area contributed by atoms with Gasteiger partial charge in [-0.15, -0.1) is 0 Å². The summed E-state index contributed by atoms with van der Waals surface area (Å²) in [7, 11) is 0. The van der Waals surface area contributed by atoms with Crippen LogP contribution in [0.2, 0.25) is 0 Å². The van der Waals surface area contributed by atoms with Gasteiger partial charge in [0.15, 0.2) is 17.3 Å². The molecule has 0 aliphatic heterocycles. The van der Waals surface area contributed by atoms with Crippen molar-refractivity contribution in [1.82, 2.24) is 0 Å². The van der Waals surface area contributed by atoms with Crippen molar-refractivity contribution in [2.75, 3.05) is 13.2 Å². The Kier molecular flexibility index (Phi) is 5.61. The Bertz CT molecular complexity index is 638.